The minimum absolute atomic E-state index is 0.112. The van der Waals surface area contributed by atoms with Crippen molar-refractivity contribution in [3.63, 3.8) is 0 Å². The Kier molecular flexibility index (Phi) is 12.3. The molecular formula is C38H43N3O8S2. The Bertz CT molecular complexity index is 2180. The van der Waals surface area contributed by atoms with Crippen LogP contribution in [0.3, 0.4) is 0 Å². The molecule has 0 aliphatic carbocycles. The fourth-order valence-corrected chi connectivity index (χ4v) is 7.04. The lowest BCUT2D eigenvalue weighted by molar-refractivity contribution is -0.658. The molecule has 0 spiro atoms. The summed E-state index contributed by atoms with van der Waals surface area (Å²) in [6, 6.07) is 30.4. The Labute approximate surface area is 299 Å². The number of rotatable bonds is 13. The zero-order valence-corrected chi connectivity index (χ0v) is 30.6. The monoisotopic (exact) mass is 733 g/mol. The lowest BCUT2D eigenvalue weighted by Crippen LogP contribution is -2.39. The highest BCUT2D eigenvalue weighted by Gasteiger charge is 2.32. The number of aromatic nitrogens is 1. The molecule has 1 aromatic heterocycles. The van der Waals surface area contributed by atoms with Gasteiger partial charge in [-0.05, 0) is 72.9 Å². The van der Waals surface area contributed by atoms with Gasteiger partial charge >= 0.3 is 16.0 Å². The van der Waals surface area contributed by atoms with Crippen LogP contribution < -0.4 is 14.2 Å². The molecule has 4 aromatic carbocycles. The molecule has 1 N–H and O–H groups in total. The van der Waals surface area contributed by atoms with Crippen molar-refractivity contribution in [2.45, 2.75) is 39.5 Å². The van der Waals surface area contributed by atoms with Crippen molar-refractivity contribution < 1.29 is 39.7 Å². The van der Waals surface area contributed by atoms with E-state index >= 15 is 0 Å². The van der Waals surface area contributed by atoms with Gasteiger partial charge in [-0.15, -0.1) is 4.57 Å². The number of anilines is 1. The first-order chi connectivity index (χ1) is 24.4. The van der Waals surface area contributed by atoms with Gasteiger partial charge < -0.3 is 23.5 Å². The molecule has 270 valence electrons. The Morgan fingerprint density at radius 2 is 1.37 bits per heavy atom. The van der Waals surface area contributed by atoms with Crippen LogP contribution >= 0.6 is 0 Å². The van der Waals surface area contributed by atoms with E-state index in [2.05, 4.69) is 25.7 Å². The average Bonchev–Trinajstić information content (AvgIpc) is 3.63. The molecule has 0 fully saturated rings. The molecule has 6 rings (SSSR count). The molecule has 0 saturated heterocycles. The Morgan fingerprint density at radius 1 is 0.784 bits per heavy atom. The van der Waals surface area contributed by atoms with Crippen molar-refractivity contribution in [2.75, 3.05) is 36.8 Å². The predicted molar refractivity (Wildman–Crippen MR) is 198 cm³/mol. The summed E-state index contributed by atoms with van der Waals surface area (Å²) in [4.78, 5) is 4.21. The number of nitrogens with zero attached hydrogens (tertiary/aromatic N) is 3. The SMILES string of the molecule is CCN(CC)CC.O=S(=O)([O-])CCCCN1C(=Cc2oc3ccc(-c4ccccc4)cc3[n+]2CS(=O)(=O)O)Oc2ccc(-c3ccccc3)cc21. The summed E-state index contributed by atoms with van der Waals surface area (Å²) in [7, 11) is -8.83. The van der Waals surface area contributed by atoms with Gasteiger partial charge in [0.15, 0.2) is 5.75 Å². The molecular weight excluding hydrogens is 691 g/mol. The first-order valence-electron chi connectivity index (χ1n) is 16.9. The molecule has 51 heavy (non-hydrogen) atoms. The van der Waals surface area contributed by atoms with Crippen molar-refractivity contribution in [1.29, 1.82) is 0 Å². The second-order valence-corrected chi connectivity index (χ2v) is 14.9. The number of hydrogen-bond donors (Lipinski definition) is 1. The van der Waals surface area contributed by atoms with Gasteiger partial charge in [0.05, 0.1) is 15.8 Å². The normalized spacial score (nSPS) is 13.7. The van der Waals surface area contributed by atoms with E-state index in [4.69, 9.17) is 9.15 Å². The van der Waals surface area contributed by atoms with Gasteiger partial charge in [0.2, 0.25) is 11.5 Å². The van der Waals surface area contributed by atoms with Crippen LogP contribution in [0, 0.1) is 0 Å². The molecule has 0 unspecified atom stereocenters. The fraction of sp³-hybridized carbons (Fsp3) is 0.289. The van der Waals surface area contributed by atoms with E-state index in [1.165, 1.54) is 24.2 Å². The van der Waals surface area contributed by atoms with Crippen LogP contribution in [0.4, 0.5) is 5.69 Å². The van der Waals surface area contributed by atoms with E-state index in [0.717, 1.165) is 22.3 Å². The van der Waals surface area contributed by atoms with Crippen molar-refractivity contribution in [2.24, 2.45) is 0 Å². The summed E-state index contributed by atoms with van der Waals surface area (Å²) < 4.78 is 81.3. The lowest BCUT2D eigenvalue weighted by Gasteiger charge is -2.18. The summed E-state index contributed by atoms with van der Waals surface area (Å²) in [5.74, 6) is -0.290. The van der Waals surface area contributed by atoms with Crippen molar-refractivity contribution in [1.82, 2.24) is 4.90 Å². The van der Waals surface area contributed by atoms with Gasteiger partial charge in [0.1, 0.15) is 6.08 Å². The van der Waals surface area contributed by atoms with Gasteiger partial charge in [-0.1, -0.05) is 93.6 Å². The van der Waals surface area contributed by atoms with E-state index in [1.54, 1.807) is 18.2 Å². The van der Waals surface area contributed by atoms with E-state index in [1.807, 2.05) is 89.8 Å². The van der Waals surface area contributed by atoms with Crippen LogP contribution in [0.15, 0.2) is 107 Å². The third-order valence-corrected chi connectivity index (χ3v) is 9.95. The third-order valence-electron chi connectivity index (χ3n) is 8.58. The Hall–Kier alpha value is -4.53. The second-order valence-electron chi connectivity index (χ2n) is 12.0. The summed E-state index contributed by atoms with van der Waals surface area (Å²) >= 11 is 0. The average molecular weight is 734 g/mol. The topological polar surface area (TPSA) is 144 Å². The van der Waals surface area contributed by atoms with Crippen LogP contribution in [0.2, 0.25) is 0 Å². The van der Waals surface area contributed by atoms with Crippen molar-refractivity contribution in [3.05, 3.63) is 109 Å². The third kappa shape index (κ3) is 10.0. The highest BCUT2D eigenvalue weighted by molar-refractivity contribution is 7.85. The molecule has 0 atom stereocenters. The van der Waals surface area contributed by atoms with Gasteiger partial charge in [-0.3, -0.25) is 4.55 Å². The molecule has 0 bridgehead atoms. The first-order valence-corrected chi connectivity index (χ1v) is 20.1. The summed E-state index contributed by atoms with van der Waals surface area (Å²) in [5, 5.41) is 0. The van der Waals surface area contributed by atoms with Crippen LogP contribution in [0.5, 0.6) is 5.75 Å². The van der Waals surface area contributed by atoms with Gasteiger partial charge in [0.25, 0.3) is 11.4 Å². The second kappa shape index (κ2) is 16.7. The number of hydrogen-bond acceptors (Lipinski definition) is 9. The predicted octanol–water partition coefficient (Wildman–Crippen LogP) is 6.77. The summed E-state index contributed by atoms with van der Waals surface area (Å²) in [5.41, 5.74) is 5.23. The van der Waals surface area contributed by atoms with E-state index < -0.39 is 31.9 Å². The highest BCUT2D eigenvalue weighted by atomic mass is 32.2. The molecule has 0 saturated carbocycles. The zero-order chi connectivity index (χ0) is 36.6. The van der Waals surface area contributed by atoms with Crippen LogP contribution in [0.25, 0.3) is 39.4 Å². The standard InChI is InChI=1S/C32H28N2O8S2.C6H15N/c35-43(36,37)18-8-7-17-33-27-19-25(23-9-3-1-4-10-23)13-15-29(27)41-31(33)21-32-34(22-44(38,39)40)28-20-26(14-16-30(28)42-32)24-11-5-2-6-12-24;1-4-7(5-2)6-3/h1-6,9-16,19-21H,7-8,17-18,22H2,(H-,35,36,37,38,39,40);4-6H2,1-3H3. The maximum atomic E-state index is 12.1. The molecule has 1 aliphatic rings. The quantitative estimate of drug-likeness (QED) is 0.0782. The van der Waals surface area contributed by atoms with E-state index in [0.29, 0.717) is 41.4 Å². The molecule has 5 aromatic rings. The highest BCUT2D eigenvalue weighted by Crippen LogP contribution is 2.42. The molecule has 2 heterocycles. The van der Waals surface area contributed by atoms with Crippen LogP contribution in [0.1, 0.15) is 39.5 Å². The van der Waals surface area contributed by atoms with Gasteiger partial charge in [-0.25, -0.2) is 8.42 Å². The molecule has 0 amide bonds. The maximum Gasteiger partial charge on any atom is 0.380 e. The van der Waals surface area contributed by atoms with Crippen molar-refractivity contribution in [3.8, 4) is 28.0 Å². The molecule has 13 heteroatoms. The van der Waals surface area contributed by atoms with E-state index in [-0.39, 0.29) is 12.3 Å². The van der Waals surface area contributed by atoms with E-state index in [9.17, 15) is 25.9 Å². The van der Waals surface area contributed by atoms with Gasteiger partial charge in [0, 0.05) is 18.4 Å². The first kappa shape index (κ1) is 37.7. The minimum atomic E-state index is -4.47. The number of ether oxygens (including phenoxy) is 1. The fourth-order valence-electron chi connectivity index (χ4n) is 5.89. The van der Waals surface area contributed by atoms with Crippen molar-refractivity contribution >= 4 is 43.1 Å². The van der Waals surface area contributed by atoms with Crippen LogP contribution in [-0.2, 0) is 26.1 Å². The molecule has 0 radical (unpaired) electrons. The molecule has 11 nitrogen and oxygen atoms in total. The maximum absolute atomic E-state index is 12.1. The smallest absolute Gasteiger partial charge is 0.380 e. The minimum Gasteiger partial charge on any atom is -0.748 e. The molecule has 1 aliphatic heterocycles. The Morgan fingerprint density at radius 3 is 1.92 bits per heavy atom. The number of benzene rings is 4. The summed E-state index contributed by atoms with van der Waals surface area (Å²) in [6.07, 6.45) is 2.06. The number of fused-ring (bicyclic) bond motifs is 2. The number of unbranched alkanes of at least 4 members (excludes halogenated alkanes) is 1. The van der Waals surface area contributed by atoms with Gasteiger partial charge in [-0.2, -0.15) is 8.42 Å². The summed E-state index contributed by atoms with van der Waals surface area (Å²) in [6.45, 7) is 10.4. The lowest BCUT2D eigenvalue weighted by atomic mass is 10.0. The largest absolute Gasteiger partial charge is 0.748 e. The zero-order valence-electron chi connectivity index (χ0n) is 28.9. The Balaban J connectivity index is 0.000000654. The number of oxazole rings is 1. The van der Waals surface area contributed by atoms with Crippen LogP contribution in [-0.4, -0.2) is 62.8 Å².